The highest BCUT2D eigenvalue weighted by Crippen LogP contribution is 2.26. The van der Waals surface area contributed by atoms with E-state index in [0.29, 0.717) is 26.2 Å². The van der Waals surface area contributed by atoms with Crippen molar-refractivity contribution in [2.75, 3.05) is 32.7 Å². The van der Waals surface area contributed by atoms with E-state index in [9.17, 15) is 18.0 Å². The maximum Gasteiger partial charge on any atom is 0.405 e. The van der Waals surface area contributed by atoms with Crippen molar-refractivity contribution in [1.82, 2.24) is 25.3 Å². The van der Waals surface area contributed by atoms with Crippen LogP contribution in [-0.4, -0.2) is 65.5 Å². The number of halogens is 4. The second-order valence-corrected chi connectivity index (χ2v) is 8.25. The van der Waals surface area contributed by atoms with Crippen LogP contribution < -0.4 is 10.6 Å². The van der Waals surface area contributed by atoms with Crippen molar-refractivity contribution < 1.29 is 18.0 Å². The van der Waals surface area contributed by atoms with Gasteiger partial charge in [0.05, 0.1) is 5.54 Å². The van der Waals surface area contributed by atoms with Crippen molar-refractivity contribution in [2.45, 2.75) is 58.3 Å². The van der Waals surface area contributed by atoms with Crippen molar-refractivity contribution in [1.29, 1.82) is 0 Å². The van der Waals surface area contributed by atoms with E-state index in [0.717, 1.165) is 5.69 Å². The molecule has 1 atom stereocenters. The minimum atomic E-state index is -4.40. The molecule has 1 aliphatic heterocycles. The van der Waals surface area contributed by atoms with E-state index in [1.54, 1.807) is 10.7 Å². The van der Waals surface area contributed by atoms with E-state index in [-0.39, 0.29) is 29.6 Å². The zero-order valence-corrected chi connectivity index (χ0v) is 17.9. The first-order valence-electron chi connectivity index (χ1n) is 9.31. The molecule has 0 spiro atoms. The Morgan fingerprint density at radius 3 is 2.25 bits per heavy atom. The lowest BCUT2D eigenvalue weighted by atomic mass is 10.1. The molecule has 1 aromatic rings. The quantitative estimate of drug-likeness (QED) is 0.761. The number of hydrogen-bond acceptors (Lipinski definition) is 4. The third kappa shape index (κ3) is 6.09. The second-order valence-electron chi connectivity index (χ2n) is 8.25. The van der Waals surface area contributed by atoms with Crippen LogP contribution in [0, 0.1) is 0 Å². The van der Waals surface area contributed by atoms with Crippen LogP contribution in [0.4, 0.5) is 13.2 Å². The average molecular weight is 426 g/mol. The zero-order chi connectivity index (χ0) is 20.4. The van der Waals surface area contributed by atoms with Gasteiger partial charge in [-0.15, -0.1) is 12.4 Å². The third-order valence-electron chi connectivity index (χ3n) is 4.62. The summed E-state index contributed by atoms with van der Waals surface area (Å²) in [6.07, 6.45) is -4.40. The molecule has 1 aromatic heterocycles. The van der Waals surface area contributed by atoms with Crippen LogP contribution in [0.2, 0.25) is 0 Å². The molecule has 0 saturated carbocycles. The van der Waals surface area contributed by atoms with Gasteiger partial charge >= 0.3 is 6.18 Å². The Morgan fingerprint density at radius 1 is 1.25 bits per heavy atom. The van der Waals surface area contributed by atoms with Gasteiger partial charge in [0.15, 0.2) is 0 Å². The molecule has 0 aromatic carbocycles. The third-order valence-corrected chi connectivity index (χ3v) is 4.62. The summed E-state index contributed by atoms with van der Waals surface area (Å²) in [5.41, 5.74) is 0.699. The van der Waals surface area contributed by atoms with Crippen LogP contribution in [0.25, 0.3) is 0 Å². The van der Waals surface area contributed by atoms with Gasteiger partial charge in [0, 0.05) is 38.4 Å². The van der Waals surface area contributed by atoms with Crippen LogP contribution >= 0.6 is 12.4 Å². The number of carbonyl (C=O) groups is 1. The number of hydrogen-bond donors (Lipinski definition) is 2. The molecule has 2 rings (SSSR count). The van der Waals surface area contributed by atoms with Gasteiger partial charge in [-0.1, -0.05) is 13.8 Å². The summed E-state index contributed by atoms with van der Waals surface area (Å²) in [4.78, 5) is 13.9. The molecule has 0 radical (unpaired) electrons. The van der Waals surface area contributed by atoms with Gasteiger partial charge in [-0.25, -0.2) is 0 Å². The molecule has 1 amide bonds. The molecule has 0 bridgehead atoms. The highest BCUT2D eigenvalue weighted by atomic mass is 35.5. The van der Waals surface area contributed by atoms with Crippen LogP contribution in [-0.2, 0) is 5.54 Å². The Hall–Kier alpha value is -1.32. The first kappa shape index (κ1) is 24.7. The zero-order valence-electron chi connectivity index (χ0n) is 17.1. The predicted octanol–water partition coefficient (Wildman–Crippen LogP) is 2.75. The molecule has 28 heavy (non-hydrogen) atoms. The Bertz CT molecular complexity index is 649. The molecule has 1 aliphatic rings. The lowest BCUT2D eigenvalue weighted by molar-refractivity contribution is -0.183. The van der Waals surface area contributed by atoms with Crippen LogP contribution in [0.1, 0.15) is 56.7 Å². The van der Waals surface area contributed by atoms with Gasteiger partial charge in [0.25, 0.3) is 5.91 Å². The first-order valence-corrected chi connectivity index (χ1v) is 9.31. The predicted molar refractivity (Wildman–Crippen MR) is 105 cm³/mol. The number of amides is 1. The Kier molecular flexibility index (Phi) is 8.34. The summed E-state index contributed by atoms with van der Waals surface area (Å²) >= 11 is 0. The molecular weight excluding hydrogens is 395 g/mol. The Labute approximate surface area is 170 Å². The summed E-state index contributed by atoms with van der Waals surface area (Å²) in [6.45, 7) is 11.0. The lowest BCUT2D eigenvalue weighted by Gasteiger charge is -2.35. The summed E-state index contributed by atoms with van der Waals surface area (Å²) in [5, 5.41) is 9.83. The molecule has 1 fully saturated rings. The molecule has 10 heteroatoms. The van der Waals surface area contributed by atoms with E-state index < -0.39 is 24.7 Å². The molecule has 162 valence electrons. The monoisotopic (exact) mass is 425 g/mol. The van der Waals surface area contributed by atoms with E-state index in [1.165, 1.54) is 4.90 Å². The molecule has 0 aliphatic carbocycles. The number of aromatic nitrogens is 2. The maximum atomic E-state index is 13.5. The number of nitrogens with one attached hydrogen (secondary N) is 2. The highest BCUT2D eigenvalue weighted by molar-refractivity contribution is 5.92. The van der Waals surface area contributed by atoms with Crippen molar-refractivity contribution in [3.8, 4) is 0 Å². The molecule has 2 heterocycles. The minimum absolute atomic E-state index is 0. The number of rotatable bonds is 5. The molecule has 2 N–H and O–H groups in total. The smallest absolute Gasteiger partial charge is 0.349 e. The topological polar surface area (TPSA) is 62.2 Å². The van der Waals surface area contributed by atoms with E-state index in [1.807, 2.05) is 34.6 Å². The number of carbonyl (C=O) groups excluding carboxylic acids is 1. The normalized spacial score (nSPS) is 17.3. The summed E-state index contributed by atoms with van der Waals surface area (Å²) in [6, 6.07) is -0.0311. The summed E-state index contributed by atoms with van der Waals surface area (Å²) in [5.74, 6) is -0.439. The minimum Gasteiger partial charge on any atom is -0.349 e. The van der Waals surface area contributed by atoms with E-state index in [4.69, 9.17) is 0 Å². The van der Waals surface area contributed by atoms with E-state index >= 15 is 0 Å². The maximum absolute atomic E-state index is 13.5. The SMILES string of the molecule is CC(C)c1cc(C(=O)NCC(N2CCNCC2)C(F)(F)F)nn1C(C)(C)C.Cl. The largest absolute Gasteiger partial charge is 0.405 e. The number of nitrogens with zero attached hydrogens (tertiary/aromatic N) is 3. The van der Waals surface area contributed by atoms with Crippen molar-refractivity contribution >= 4 is 18.3 Å². The van der Waals surface area contributed by atoms with Gasteiger partial charge in [-0.05, 0) is 32.8 Å². The van der Waals surface area contributed by atoms with Crippen molar-refractivity contribution in [3.63, 3.8) is 0 Å². The fourth-order valence-electron chi connectivity index (χ4n) is 3.18. The van der Waals surface area contributed by atoms with Crippen LogP contribution in [0.15, 0.2) is 6.07 Å². The van der Waals surface area contributed by atoms with E-state index in [2.05, 4.69) is 15.7 Å². The average Bonchev–Trinajstić information content (AvgIpc) is 3.00. The standard InChI is InChI=1S/C18H30F3N5O.ClH/c1-12(2)14-10-13(24-26(14)17(3,4)5)16(27)23-11-15(18(19,20)21)25-8-6-22-7-9-25;/h10,12,15,22H,6-9,11H2,1-5H3,(H,23,27);1H. The Morgan fingerprint density at radius 2 is 1.82 bits per heavy atom. The van der Waals surface area contributed by atoms with Gasteiger partial charge in [-0.2, -0.15) is 18.3 Å². The van der Waals surface area contributed by atoms with Crippen molar-refractivity contribution in [2.24, 2.45) is 0 Å². The second kappa shape index (κ2) is 9.45. The van der Waals surface area contributed by atoms with Gasteiger partial charge < -0.3 is 10.6 Å². The van der Waals surface area contributed by atoms with Crippen molar-refractivity contribution in [3.05, 3.63) is 17.5 Å². The molecule has 1 saturated heterocycles. The first-order chi connectivity index (χ1) is 12.4. The van der Waals surface area contributed by atoms with Gasteiger partial charge in [0.2, 0.25) is 0 Å². The summed E-state index contributed by atoms with van der Waals surface area (Å²) in [7, 11) is 0. The number of alkyl halides is 3. The fourth-order valence-corrected chi connectivity index (χ4v) is 3.18. The van der Waals surface area contributed by atoms with Gasteiger partial charge in [0.1, 0.15) is 11.7 Å². The number of piperazine rings is 1. The van der Waals surface area contributed by atoms with Gasteiger partial charge in [-0.3, -0.25) is 14.4 Å². The molecule has 1 unspecified atom stereocenters. The Balaban J connectivity index is 0.00000392. The molecular formula is C18H31ClF3N5O. The van der Waals surface area contributed by atoms with Crippen LogP contribution in [0.5, 0.6) is 0 Å². The summed E-state index contributed by atoms with van der Waals surface area (Å²) < 4.78 is 42.1. The van der Waals surface area contributed by atoms with Crippen LogP contribution in [0.3, 0.4) is 0 Å². The molecule has 6 nitrogen and oxygen atoms in total. The lowest BCUT2D eigenvalue weighted by Crippen LogP contribution is -2.57. The highest BCUT2D eigenvalue weighted by Gasteiger charge is 2.44. The fraction of sp³-hybridized carbons (Fsp3) is 0.778.